The van der Waals surface area contributed by atoms with Gasteiger partial charge in [0.1, 0.15) is 17.5 Å². The fourth-order valence-corrected chi connectivity index (χ4v) is 8.02. The van der Waals surface area contributed by atoms with Gasteiger partial charge in [0.15, 0.2) is 0 Å². The van der Waals surface area contributed by atoms with Gasteiger partial charge in [-0.15, -0.1) is 12.6 Å². The van der Waals surface area contributed by atoms with Gasteiger partial charge in [0.05, 0.1) is 11.0 Å². The Morgan fingerprint density at radius 1 is 0.566 bits per heavy atom. The quantitative estimate of drug-likeness (QED) is 0.183. The highest BCUT2D eigenvalue weighted by Gasteiger charge is 2.36. The van der Waals surface area contributed by atoms with Crippen LogP contribution in [0.25, 0.3) is 32.9 Å². The fourth-order valence-electron chi connectivity index (χ4n) is 7.79. The number of hydrogen-bond donors (Lipinski definition) is 1. The Kier molecular flexibility index (Phi) is 7.56. The second kappa shape index (κ2) is 12.1. The van der Waals surface area contributed by atoms with E-state index in [0.717, 1.165) is 49.8 Å². The minimum absolute atomic E-state index is 0.0894. The third kappa shape index (κ3) is 5.32. The molecule has 0 N–H and O–H groups in total. The van der Waals surface area contributed by atoms with Crippen molar-refractivity contribution in [3.8, 4) is 11.1 Å². The number of amidine groups is 2. The summed E-state index contributed by atoms with van der Waals surface area (Å²) in [5.41, 5.74) is 11.8. The average Bonchev–Trinajstić information content (AvgIpc) is 3.62. The van der Waals surface area contributed by atoms with Crippen molar-refractivity contribution in [1.82, 2.24) is 9.47 Å². The lowest BCUT2D eigenvalue weighted by atomic mass is 9.92. The Morgan fingerprint density at radius 2 is 1.08 bits per heavy atom. The van der Waals surface area contributed by atoms with Gasteiger partial charge < -0.3 is 19.6 Å². The summed E-state index contributed by atoms with van der Waals surface area (Å²) in [6, 6.07) is 26.7. The highest BCUT2D eigenvalue weighted by molar-refractivity contribution is 7.84. The van der Waals surface area contributed by atoms with Crippen LogP contribution in [0.3, 0.4) is 0 Å². The number of rotatable bonds is 6. The van der Waals surface area contributed by atoms with Crippen LogP contribution < -0.4 is 19.6 Å². The van der Waals surface area contributed by atoms with E-state index in [2.05, 4.69) is 153 Å². The molecule has 0 spiro atoms. The first kappa shape index (κ1) is 33.1. The van der Waals surface area contributed by atoms with Crippen LogP contribution in [0.2, 0.25) is 0 Å². The van der Waals surface area contributed by atoms with Crippen LogP contribution in [-0.4, -0.2) is 89.4 Å². The molecule has 0 atom stereocenters. The molecule has 1 aromatic heterocycles. The second-order valence-electron chi connectivity index (χ2n) is 14.8. The summed E-state index contributed by atoms with van der Waals surface area (Å²) in [6.45, 7) is 0. The molecular weight excluding hydrogens is 677 g/mol. The summed E-state index contributed by atoms with van der Waals surface area (Å²) in [5, 5.41) is 2.27. The van der Waals surface area contributed by atoms with Crippen LogP contribution in [0.1, 0.15) is 23.5 Å². The van der Waals surface area contributed by atoms with Crippen molar-refractivity contribution in [2.75, 3.05) is 76.0 Å². The number of guanidine groups is 1. The van der Waals surface area contributed by atoms with Gasteiger partial charge in [-0.25, -0.2) is 9.89 Å². The third-order valence-corrected chi connectivity index (χ3v) is 10.9. The molecule has 0 bridgehead atoms. The Morgan fingerprint density at radius 3 is 1.60 bits per heavy atom. The predicted octanol–water partition coefficient (Wildman–Crippen LogP) is 7.62. The van der Waals surface area contributed by atoms with Crippen LogP contribution in [-0.2, 0) is 0 Å². The number of allylic oxidation sites excluding steroid dienone is 1. The number of hydrogen-bond acceptors (Lipinski definition) is 10. The molecular formula is C42H42N10S. The Balaban J connectivity index is 1.18. The van der Waals surface area contributed by atoms with E-state index in [1.54, 1.807) is 0 Å². The van der Waals surface area contributed by atoms with Crippen molar-refractivity contribution in [3.05, 3.63) is 107 Å². The number of anilines is 4. The van der Waals surface area contributed by atoms with Crippen LogP contribution in [0.5, 0.6) is 0 Å². The summed E-state index contributed by atoms with van der Waals surface area (Å²) >= 11 is 4.81. The molecule has 266 valence electrons. The van der Waals surface area contributed by atoms with E-state index in [9.17, 15) is 0 Å². The summed E-state index contributed by atoms with van der Waals surface area (Å²) in [4.78, 5) is 31.9. The van der Waals surface area contributed by atoms with E-state index in [4.69, 9.17) is 32.6 Å². The van der Waals surface area contributed by atoms with Crippen molar-refractivity contribution in [1.29, 1.82) is 0 Å². The number of nitrogens with zero attached hydrogens (tertiary/aromatic N) is 10. The number of aliphatic imine (C=N–C) groups is 4. The number of thiol groups is 1. The predicted molar refractivity (Wildman–Crippen MR) is 227 cm³/mol. The molecule has 11 heteroatoms. The second-order valence-corrected chi connectivity index (χ2v) is 15.4. The van der Waals surface area contributed by atoms with Gasteiger partial charge >= 0.3 is 0 Å². The largest absolute Gasteiger partial charge is 0.378 e. The number of fused-ring (bicyclic) bond motifs is 6. The maximum Gasteiger partial charge on any atom is 0.242 e. The van der Waals surface area contributed by atoms with Gasteiger partial charge in [0, 0.05) is 107 Å². The standard InChI is InChI=1S/C42H42N10S/c1-47(2)24-9-13-29-31(17-24)32-18-25(48(3)4)10-14-30(32)33(29)23-38-43-39-21-28(53)22-40-45-42(46-41(44-38)52(39)40)51-36-15-11-26(49(5)6)19-34(36)35-20-27(50(7)8)12-16-37(35)51/h9-22,33,53H,23H2,1-8H3. The topological polar surface area (TPSA) is 70.6 Å². The SMILES string of the molecule is CN(C)c1ccc2c(c1)-c1cc(N(C)C)ccc1C2CC1=NC2=NC(n3c4ccc(N(C)C)cc4c4cc(N(C)C)ccc43)=NC3=CC(S)=CC(=N1)N32. The number of benzene rings is 4. The minimum Gasteiger partial charge on any atom is -0.378 e. The van der Waals surface area contributed by atoms with E-state index in [1.165, 1.54) is 33.6 Å². The molecule has 4 aromatic carbocycles. The molecule has 0 unspecified atom stereocenters. The molecule has 0 fully saturated rings. The summed E-state index contributed by atoms with van der Waals surface area (Å²) in [6.07, 6.45) is 4.54. The molecule has 4 heterocycles. The molecule has 0 saturated carbocycles. The smallest absolute Gasteiger partial charge is 0.242 e. The van der Waals surface area contributed by atoms with E-state index in [1.807, 2.05) is 17.1 Å². The molecule has 9 rings (SSSR count). The molecule has 1 aliphatic carbocycles. The van der Waals surface area contributed by atoms with Crippen LogP contribution >= 0.6 is 12.6 Å². The molecule has 0 saturated heterocycles. The molecule has 4 aliphatic rings. The van der Waals surface area contributed by atoms with E-state index in [0.29, 0.717) is 24.2 Å². The first-order valence-corrected chi connectivity index (χ1v) is 18.2. The lowest BCUT2D eigenvalue weighted by Crippen LogP contribution is -2.42. The van der Waals surface area contributed by atoms with Gasteiger partial charge in [-0.1, -0.05) is 12.1 Å². The third-order valence-electron chi connectivity index (χ3n) is 10.6. The highest BCUT2D eigenvalue weighted by Crippen LogP contribution is 2.49. The van der Waals surface area contributed by atoms with E-state index >= 15 is 0 Å². The van der Waals surface area contributed by atoms with Crippen LogP contribution in [0.15, 0.2) is 116 Å². The Bertz CT molecular complexity index is 2460. The van der Waals surface area contributed by atoms with Crippen molar-refractivity contribution < 1.29 is 0 Å². The minimum atomic E-state index is 0.0894. The summed E-state index contributed by atoms with van der Waals surface area (Å²) < 4.78 is 2.15. The van der Waals surface area contributed by atoms with E-state index < -0.39 is 0 Å². The lowest BCUT2D eigenvalue weighted by Gasteiger charge is -2.32. The summed E-state index contributed by atoms with van der Waals surface area (Å²) in [7, 11) is 16.6. The van der Waals surface area contributed by atoms with E-state index in [-0.39, 0.29) is 5.92 Å². The molecule has 5 aromatic rings. The molecule has 10 nitrogen and oxygen atoms in total. The van der Waals surface area contributed by atoms with Crippen LogP contribution in [0, 0.1) is 0 Å². The van der Waals surface area contributed by atoms with Gasteiger partial charge in [-0.05, 0) is 95.1 Å². The first-order valence-electron chi connectivity index (χ1n) is 17.8. The fraction of sp³-hybridized carbons (Fsp3) is 0.238. The normalized spacial score (nSPS) is 15.9. The zero-order chi connectivity index (χ0) is 36.9. The van der Waals surface area contributed by atoms with Crippen LogP contribution in [0.4, 0.5) is 22.7 Å². The maximum absolute atomic E-state index is 5.20. The molecule has 53 heavy (non-hydrogen) atoms. The van der Waals surface area contributed by atoms with Crippen molar-refractivity contribution in [2.24, 2.45) is 20.0 Å². The lowest BCUT2D eigenvalue weighted by molar-refractivity contribution is 0.702. The van der Waals surface area contributed by atoms with Gasteiger partial charge in [0.2, 0.25) is 11.9 Å². The average molecular weight is 719 g/mol. The maximum atomic E-state index is 5.20. The summed E-state index contributed by atoms with van der Waals surface area (Å²) in [5.74, 6) is 3.32. The monoisotopic (exact) mass is 718 g/mol. The Labute approximate surface area is 315 Å². The Hall–Kier alpha value is -5.81. The zero-order valence-electron chi connectivity index (χ0n) is 31.3. The van der Waals surface area contributed by atoms with Crippen molar-refractivity contribution >= 4 is 80.8 Å². The van der Waals surface area contributed by atoms with Gasteiger partial charge in [-0.2, -0.15) is 15.0 Å². The molecule has 3 aliphatic heterocycles. The van der Waals surface area contributed by atoms with Crippen molar-refractivity contribution in [2.45, 2.75) is 12.3 Å². The van der Waals surface area contributed by atoms with Crippen molar-refractivity contribution in [3.63, 3.8) is 0 Å². The first-order chi connectivity index (χ1) is 25.4. The number of aromatic nitrogens is 1. The molecule has 0 amide bonds. The zero-order valence-corrected chi connectivity index (χ0v) is 32.2. The molecule has 0 radical (unpaired) electrons. The highest BCUT2D eigenvalue weighted by atomic mass is 32.1. The van der Waals surface area contributed by atoms with Gasteiger partial charge in [0.25, 0.3) is 0 Å². The van der Waals surface area contributed by atoms with Gasteiger partial charge in [-0.3, -0.25) is 4.57 Å².